The predicted octanol–water partition coefficient (Wildman–Crippen LogP) is -0.0142. The van der Waals surface area contributed by atoms with Crippen molar-refractivity contribution in [3.8, 4) is 0 Å². The maximum Gasteiger partial charge on any atom is 0.0253 e. The van der Waals surface area contributed by atoms with Gasteiger partial charge in [0.15, 0.2) is 0 Å². The Labute approximate surface area is 86.4 Å². The second-order valence-electron chi connectivity index (χ2n) is 4.99. The van der Waals surface area contributed by atoms with Gasteiger partial charge in [-0.05, 0) is 31.8 Å². The molecule has 0 saturated carbocycles. The molecule has 2 bridgehead atoms. The summed E-state index contributed by atoms with van der Waals surface area (Å²) in [6.07, 6.45) is 2.91. The molecule has 0 aromatic heterocycles. The van der Waals surface area contributed by atoms with Crippen LogP contribution in [0.3, 0.4) is 0 Å². The molecule has 4 heterocycles. The highest BCUT2D eigenvalue weighted by Crippen LogP contribution is 2.30. The quantitative estimate of drug-likeness (QED) is 0.635. The van der Waals surface area contributed by atoms with Crippen LogP contribution in [0, 0.1) is 5.92 Å². The van der Waals surface area contributed by atoms with Gasteiger partial charge < -0.3 is 10.2 Å². The minimum absolute atomic E-state index is 0.889. The Morgan fingerprint density at radius 1 is 0.929 bits per heavy atom. The third kappa shape index (κ3) is 1.58. The smallest absolute Gasteiger partial charge is 0.0253 e. The molecule has 4 aliphatic rings. The van der Waals surface area contributed by atoms with Crippen molar-refractivity contribution in [3.05, 3.63) is 0 Å². The molecule has 0 radical (unpaired) electrons. The van der Waals surface area contributed by atoms with Crippen molar-refractivity contribution in [1.29, 1.82) is 0 Å². The SMILES string of the molecule is C1CN(C2CN3CCC2CC3)CCN1. The Bertz CT molecular complexity index is 193. The maximum absolute atomic E-state index is 3.44. The number of nitrogens with one attached hydrogen (secondary N) is 1. The summed E-state index contributed by atoms with van der Waals surface area (Å²) in [5, 5.41) is 3.44. The van der Waals surface area contributed by atoms with E-state index in [4.69, 9.17) is 0 Å². The number of fused-ring (bicyclic) bond motifs is 3. The Hall–Kier alpha value is -0.120. The molecule has 0 aromatic rings. The van der Waals surface area contributed by atoms with E-state index in [1.54, 1.807) is 0 Å². The summed E-state index contributed by atoms with van der Waals surface area (Å²) in [7, 11) is 0. The van der Waals surface area contributed by atoms with E-state index in [0.717, 1.165) is 12.0 Å². The summed E-state index contributed by atoms with van der Waals surface area (Å²) in [6.45, 7) is 9.03. The van der Waals surface area contributed by atoms with Gasteiger partial charge in [0.25, 0.3) is 0 Å². The highest BCUT2D eigenvalue weighted by molar-refractivity contribution is 4.93. The second kappa shape index (κ2) is 3.80. The number of rotatable bonds is 1. The average molecular weight is 195 g/mol. The van der Waals surface area contributed by atoms with Gasteiger partial charge in [-0.3, -0.25) is 4.90 Å². The number of piperidine rings is 3. The first kappa shape index (κ1) is 9.13. The van der Waals surface area contributed by atoms with Gasteiger partial charge in [-0.15, -0.1) is 0 Å². The molecule has 4 rings (SSSR count). The Kier molecular flexibility index (Phi) is 2.48. The van der Waals surface area contributed by atoms with Crippen LogP contribution >= 0.6 is 0 Å². The van der Waals surface area contributed by atoms with E-state index in [-0.39, 0.29) is 0 Å². The van der Waals surface area contributed by atoms with Crippen LogP contribution in [0.4, 0.5) is 0 Å². The van der Waals surface area contributed by atoms with E-state index in [1.165, 1.54) is 58.7 Å². The van der Waals surface area contributed by atoms with E-state index in [2.05, 4.69) is 15.1 Å². The van der Waals surface area contributed by atoms with Crippen LogP contribution in [0.1, 0.15) is 12.8 Å². The van der Waals surface area contributed by atoms with Gasteiger partial charge in [-0.25, -0.2) is 0 Å². The van der Waals surface area contributed by atoms with Crippen LogP contribution in [-0.2, 0) is 0 Å². The lowest BCUT2D eigenvalue weighted by molar-refractivity contribution is 0.000608. The highest BCUT2D eigenvalue weighted by atomic mass is 15.3. The molecular weight excluding hydrogens is 174 g/mol. The van der Waals surface area contributed by atoms with Gasteiger partial charge in [-0.2, -0.15) is 0 Å². The van der Waals surface area contributed by atoms with Crippen molar-refractivity contribution in [2.75, 3.05) is 45.8 Å². The van der Waals surface area contributed by atoms with E-state index >= 15 is 0 Å². The minimum atomic E-state index is 0.889. The second-order valence-corrected chi connectivity index (χ2v) is 4.99. The Morgan fingerprint density at radius 3 is 2.21 bits per heavy atom. The van der Waals surface area contributed by atoms with Crippen molar-refractivity contribution < 1.29 is 0 Å². The van der Waals surface area contributed by atoms with Gasteiger partial charge >= 0.3 is 0 Å². The molecule has 14 heavy (non-hydrogen) atoms. The number of nitrogens with zero attached hydrogens (tertiary/aromatic N) is 2. The molecule has 4 fully saturated rings. The highest BCUT2D eigenvalue weighted by Gasteiger charge is 2.37. The molecule has 3 heteroatoms. The van der Waals surface area contributed by atoms with E-state index in [9.17, 15) is 0 Å². The van der Waals surface area contributed by atoms with Crippen molar-refractivity contribution in [2.24, 2.45) is 5.92 Å². The van der Waals surface area contributed by atoms with Crippen molar-refractivity contribution in [2.45, 2.75) is 18.9 Å². The molecule has 0 spiro atoms. The van der Waals surface area contributed by atoms with Crippen LogP contribution in [0.15, 0.2) is 0 Å². The van der Waals surface area contributed by atoms with Crippen molar-refractivity contribution >= 4 is 0 Å². The molecule has 80 valence electrons. The van der Waals surface area contributed by atoms with Crippen LogP contribution in [0.2, 0.25) is 0 Å². The number of hydrogen-bond acceptors (Lipinski definition) is 3. The molecule has 0 aromatic carbocycles. The van der Waals surface area contributed by atoms with E-state index in [0.29, 0.717) is 0 Å². The fourth-order valence-electron chi connectivity index (χ4n) is 3.36. The van der Waals surface area contributed by atoms with Gasteiger partial charge in [0.1, 0.15) is 0 Å². The lowest BCUT2D eigenvalue weighted by Crippen LogP contribution is -2.60. The largest absolute Gasteiger partial charge is 0.314 e. The first-order valence-electron chi connectivity index (χ1n) is 6.10. The summed E-state index contributed by atoms with van der Waals surface area (Å²) in [6, 6.07) is 0.889. The number of hydrogen-bond donors (Lipinski definition) is 1. The van der Waals surface area contributed by atoms with Crippen LogP contribution in [-0.4, -0.2) is 61.7 Å². The van der Waals surface area contributed by atoms with Gasteiger partial charge in [0.2, 0.25) is 0 Å². The molecule has 0 amide bonds. The topological polar surface area (TPSA) is 18.5 Å². The molecule has 1 N–H and O–H groups in total. The summed E-state index contributed by atoms with van der Waals surface area (Å²) < 4.78 is 0. The zero-order valence-electron chi connectivity index (χ0n) is 8.91. The molecule has 1 atom stereocenters. The zero-order chi connectivity index (χ0) is 9.38. The van der Waals surface area contributed by atoms with Crippen molar-refractivity contribution in [3.63, 3.8) is 0 Å². The zero-order valence-corrected chi connectivity index (χ0v) is 8.91. The first-order chi connectivity index (χ1) is 6.93. The van der Waals surface area contributed by atoms with Gasteiger partial charge in [0.05, 0.1) is 0 Å². The maximum atomic E-state index is 3.44. The van der Waals surface area contributed by atoms with Gasteiger partial charge in [-0.1, -0.05) is 0 Å². The van der Waals surface area contributed by atoms with Gasteiger partial charge in [0, 0.05) is 38.8 Å². The third-order valence-electron chi connectivity index (χ3n) is 4.24. The fourth-order valence-corrected chi connectivity index (χ4v) is 3.36. The van der Waals surface area contributed by atoms with E-state index < -0.39 is 0 Å². The van der Waals surface area contributed by atoms with Crippen LogP contribution in [0.25, 0.3) is 0 Å². The molecular formula is C11H21N3. The normalized spacial score (nSPS) is 44.1. The lowest BCUT2D eigenvalue weighted by atomic mass is 9.83. The third-order valence-corrected chi connectivity index (χ3v) is 4.24. The lowest BCUT2D eigenvalue weighted by Gasteiger charge is -2.50. The summed E-state index contributed by atoms with van der Waals surface area (Å²) in [5.74, 6) is 1.01. The predicted molar refractivity (Wildman–Crippen MR) is 57.4 cm³/mol. The summed E-state index contributed by atoms with van der Waals surface area (Å²) >= 11 is 0. The average Bonchev–Trinajstić information content (AvgIpc) is 2.32. The molecule has 4 saturated heterocycles. The first-order valence-corrected chi connectivity index (χ1v) is 6.10. The summed E-state index contributed by atoms with van der Waals surface area (Å²) in [5.41, 5.74) is 0. The fraction of sp³-hybridized carbons (Fsp3) is 1.00. The monoisotopic (exact) mass is 195 g/mol. The molecule has 4 aliphatic heterocycles. The number of piperazine rings is 1. The molecule has 3 nitrogen and oxygen atoms in total. The molecule has 0 aliphatic carbocycles. The Morgan fingerprint density at radius 2 is 1.64 bits per heavy atom. The van der Waals surface area contributed by atoms with Crippen LogP contribution in [0.5, 0.6) is 0 Å². The van der Waals surface area contributed by atoms with E-state index in [1.807, 2.05) is 0 Å². The molecule has 1 unspecified atom stereocenters. The Balaban J connectivity index is 1.66. The van der Waals surface area contributed by atoms with Crippen LogP contribution < -0.4 is 5.32 Å². The van der Waals surface area contributed by atoms with Crippen molar-refractivity contribution in [1.82, 2.24) is 15.1 Å². The minimum Gasteiger partial charge on any atom is -0.314 e. The summed E-state index contributed by atoms with van der Waals surface area (Å²) in [4.78, 5) is 5.39. The standard InChI is InChI=1S/C11H21N3/c1-5-13-6-2-10(1)11(9-13)14-7-3-12-4-8-14/h10-12H,1-9H2.